The predicted molar refractivity (Wildman–Crippen MR) is 146 cm³/mol. The first-order valence-corrected chi connectivity index (χ1v) is 13.1. The Balaban J connectivity index is 1.83. The summed E-state index contributed by atoms with van der Waals surface area (Å²) in [5.41, 5.74) is 2.78. The summed E-state index contributed by atoms with van der Waals surface area (Å²) >= 11 is 6.57. The van der Waals surface area contributed by atoms with Crippen molar-refractivity contribution in [2.24, 2.45) is 0 Å². The summed E-state index contributed by atoms with van der Waals surface area (Å²) in [5, 5.41) is 15.1. The highest BCUT2D eigenvalue weighted by atomic mass is 35.5. The van der Waals surface area contributed by atoms with E-state index in [1.54, 1.807) is 34.1 Å². The fraction of sp³-hybridized carbons (Fsp3) is 0.379. The number of carbonyl (C=O) groups is 2. The van der Waals surface area contributed by atoms with Crippen LogP contribution in [0.1, 0.15) is 63.0 Å². The molecule has 0 spiro atoms. The van der Waals surface area contributed by atoms with Gasteiger partial charge < -0.3 is 19.5 Å². The average molecular weight is 555 g/mol. The van der Waals surface area contributed by atoms with Crippen LogP contribution in [0.3, 0.4) is 0 Å². The van der Waals surface area contributed by atoms with Gasteiger partial charge in [-0.2, -0.15) is 0 Å². The molecule has 1 N–H and O–H groups in total. The van der Waals surface area contributed by atoms with Gasteiger partial charge in [-0.25, -0.2) is 4.79 Å². The molecule has 0 saturated heterocycles. The molecule has 0 amide bonds. The number of esters is 1. The molecule has 0 fully saturated rings. The van der Waals surface area contributed by atoms with E-state index < -0.39 is 16.8 Å². The van der Waals surface area contributed by atoms with Gasteiger partial charge in [0.2, 0.25) is 0 Å². The lowest BCUT2D eigenvalue weighted by atomic mass is 9.71. The number of non-ortho nitro benzene ring substituents is 1. The van der Waals surface area contributed by atoms with E-state index in [1.807, 2.05) is 19.1 Å². The summed E-state index contributed by atoms with van der Waals surface area (Å²) in [7, 11) is 3.11. The zero-order chi connectivity index (χ0) is 28.4. The van der Waals surface area contributed by atoms with Gasteiger partial charge in [0.05, 0.1) is 30.8 Å². The lowest BCUT2D eigenvalue weighted by molar-refractivity contribution is -0.384. The fourth-order valence-corrected chi connectivity index (χ4v) is 5.39. The highest BCUT2D eigenvalue weighted by Crippen LogP contribution is 2.48. The summed E-state index contributed by atoms with van der Waals surface area (Å²) < 4.78 is 16.5. The quantitative estimate of drug-likeness (QED) is 0.241. The minimum atomic E-state index is -0.913. The first-order valence-electron chi connectivity index (χ1n) is 12.7. The number of ether oxygens (including phenoxy) is 3. The number of nitro groups is 1. The zero-order valence-electron chi connectivity index (χ0n) is 22.5. The minimum Gasteiger partial charge on any atom is -0.493 e. The Kier molecular flexibility index (Phi) is 8.30. The Morgan fingerprint density at radius 3 is 2.51 bits per heavy atom. The standard InChI is InChI=1S/C29H31ClN2O7/c1-6-15(2)39-29(34)26-16(3)31-22-11-18(17-7-10-24(37-4)25(13-17)38-5)12-23(33)28(22)27(26)20-14-19(32(35)36)8-9-21(20)30/h7-10,13-15,18,27,31H,6,11-12H2,1-5H3/t15-,18-,27-/m0/s1. The third-order valence-corrected chi connectivity index (χ3v) is 7.66. The Labute approximate surface area is 231 Å². The predicted octanol–water partition coefficient (Wildman–Crippen LogP) is 5.97. The number of hydrogen-bond donors (Lipinski definition) is 1. The molecule has 0 aromatic heterocycles. The normalized spacial score (nSPS) is 19.7. The molecule has 4 rings (SSSR count). The maximum absolute atomic E-state index is 13.9. The SMILES string of the molecule is CC[C@H](C)OC(=O)C1=C(C)NC2=C(C(=O)C[C@@H](c3ccc(OC)c(OC)c3)C2)[C@H]1c1cc([N+](=O)[O-])ccc1Cl. The van der Waals surface area contributed by atoms with E-state index in [1.165, 1.54) is 18.2 Å². The first-order chi connectivity index (χ1) is 18.6. The number of hydrogen-bond acceptors (Lipinski definition) is 8. The second kappa shape index (κ2) is 11.5. The molecule has 0 radical (unpaired) electrons. The molecule has 9 nitrogen and oxygen atoms in total. The molecule has 2 aromatic carbocycles. The zero-order valence-corrected chi connectivity index (χ0v) is 23.3. The van der Waals surface area contributed by atoms with Gasteiger partial charge in [0.1, 0.15) is 0 Å². The van der Waals surface area contributed by atoms with Crippen LogP contribution in [0.25, 0.3) is 0 Å². The van der Waals surface area contributed by atoms with Crippen molar-refractivity contribution in [3.8, 4) is 11.5 Å². The van der Waals surface area contributed by atoms with E-state index in [9.17, 15) is 19.7 Å². The van der Waals surface area contributed by atoms with Crippen molar-refractivity contribution in [3.63, 3.8) is 0 Å². The number of carbonyl (C=O) groups excluding carboxylic acids is 2. The van der Waals surface area contributed by atoms with Gasteiger partial charge in [-0.1, -0.05) is 24.6 Å². The van der Waals surface area contributed by atoms with Gasteiger partial charge in [0.25, 0.3) is 5.69 Å². The molecule has 3 atom stereocenters. The van der Waals surface area contributed by atoms with Gasteiger partial charge >= 0.3 is 5.97 Å². The van der Waals surface area contributed by atoms with Gasteiger partial charge in [0.15, 0.2) is 17.3 Å². The summed E-state index contributed by atoms with van der Waals surface area (Å²) in [6.45, 7) is 5.41. The number of nitrogens with zero attached hydrogens (tertiary/aromatic N) is 1. The van der Waals surface area contributed by atoms with Crippen LogP contribution >= 0.6 is 11.6 Å². The number of nitro benzene ring substituents is 1. The largest absolute Gasteiger partial charge is 0.493 e. The van der Waals surface area contributed by atoms with E-state index in [-0.39, 0.29) is 40.5 Å². The molecule has 1 aliphatic heterocycles. The number of allylic oxidation sites excluding steroid dienone is 3. The van der Waals surface area contributed by atoms with E-state index >= 15 is 0 Å². The van der Waals surface area contributed by atoms with Gasteiger partial charge in [-0.05, 0) is 61.9 Å². The summed E-state index contributed by atoms with van der Waals surface area (Å²) in [5.74, 6) is -0.704. The van der Waals surface area contributed by atoms with Gasteiger partial charge in [-0.15, -0.1) is 0 Å². The lowest BCUT2D eigenvalue weighted by Crippen LogP contribution is -2.36. The topological polar surface area (TPSA) is 117 Å². The monoisotopic (exact) mass is 554 g/mol. The Morgan fingerprint density at radius 1 is 1.15 bits per heavy atom. The maximum atomic E-state index is 13.9. The number of ketones is 1. The molecule has 39 heavy (non-hydrogen) atoms. The van der Waals surface area contributed by atoms with Crippen LogP contribution in [0.15, 0.2) is 58.9 Å². The van der Waals surface area contributed by atoms with E-state index in [0.717, 1.165) is 5.56 Å². The molecule has 0 saturated carbocycles. The molecule has 2 aromatic rings. The molecule has 206 valence electrons. The Morgan fingerprint density at radius 2 is 1.87 bits per heavy atom. The van der Waals surface area contributed by atoms with Crippen molar-refractivity contribution in [2.75, 3.05) is 14.2 Å². The summed E-state index contributed by atoms with van der Waals surface area (Å²) in [6, 6.07) is 9.62. The number of nitrogens with one attached hydrogen (secondary N) is 1. The number of benzene rings is 2. The van der Waals surface area contributed by atoms with Crippen molar-refractivity contribution < 1.29 is 28.7 Å². The summed E-state index contributed by atoms with van der Waals surface area (Å²) in [6.07, 6.45) is 0.898. The molecule has 1 aliphatic carbocycles. The molecule has 1 heterocycles. The van der Waals surface area contributed by atoms with Crippen LogP contribution in [0.2, 0.25) is 5.02 Å². The van der Waals surface area contributed by atoms with E-state index in [4.69, 9.17) is 25.8 Å². The third-order valence-electron chi connectivity index (χ3n) is 7.31. The van der Waals surface area contributed by atoms with Crippen LogP contribution in [0.5, 0.6) is 11.5 Å². The number of halogens is 1. The Bertz CT molecular complexity index is 1400. The molecule has 0 unspecified atom stereocenters. The second-order valence-corrected chi connectivity index (χ2v) is 10.1. The fourth-order valence-electron chi connectivity index (χ4n) is 5.16. The van der Waals surface area contributed by atoms with Crippen molar-refractivity contribution in [3.05, 3.63) is 85.2 Å². The van der Waals surface area contributed by atoms with Crippen LogP contribution in [-0.2, 0) is 14.3 Å². The lowest BCUT2D eigenvalue weighted by Gasteiger charge is -2.37. The number of rotatable bonds is 8. The third kappa shape index (κ3) is 5.49. The van der Waals surface area contributed by atoms with E-state index in [2.05, 4.69) is 5.32 Å². The van der Waals surface area contributed by atoms with Crippen molar-refractivity contribution in [1.29, 1.82) is 0 Å². The van der Waals surface area contributed by atoms with Crippen molar-refractivity contribution in [2.45, 2.75) is 58.0 Å². The smallest absolute Gasteiger partial charge is 0.337 e. The van der Waals surface area contributed by atoms with Crippen molar-refractivity contribution >= 4 is 29.0 Å². The molecule has 10 heteroatoms. The highest BCUT2D eigenvalue weighted by Gasteiger charge is 2.43. The van der Waals surface area contributed by atoms with Crippen LogP contribution in [-0.4, -0.2) is 37.0 Å². The Hall–Kier alpha value is -3.85. The molecule has 2 aliphatic rings. The minimum absolute atomic E-state index is 0.161. The molecule has 0 bridgehead atoms. The second-order valence-electron chi connectivity index (χ2n) is 9.72. The molecular formula is C29H31ClN2O7. The number of dihydropyridines is 1. The van der Waals surface area contributed by atoms with Crippen LogP contribution in [0.4, 0.5) is 5.69 Å². The van der Waals surface area contributed by atoms with Crippen molar-refractivity contribution in [1.82, 2.24) is 5.32 Å². The number of methoxy groups -OCH3 is 2. The highest BCUT2D eigenvalue weighted by molar-refractivity contribution is 6.31. The maximum Gasteiger partial charge on any atom is 0.337 e. The summed E-state index contributed by atoms with van der Waals surface area (Å²) in [4.78, 5) is 38.4. The van der Waals surface area contributed by atoms with Gasteiger partial charge in [0, 0.05) is 46.5 Å². The van der Waals surface area contributed by atoms with Crippen LogP contribution < -0.4 is 14.8 Å². The van der Waals surface area contributed by atoms with Gasteiger partial charge in [-0.3, -0.25) is 14.9 Å². The average Bonchev–Trinajstić information content (AvgIpc) is 2.91. The van der Waals surface area contributed by atoms with E-state index in [0.29, 0.717) is 46.9 Å². The molecular weight excluding hydrogens is 524 g/mol. The number of Topliss-reactive ketones (excluding diaryl/α,β-unsaturated/α-hetero) is 1. The van der Waals surface area contributed by atoms with Crippen LogP contribution in [0, 0.1) is 10.1 Å². The first kappa shape index (κ1) is 28.2.